The standard InChI is InChI=1S/C12H20N6O2/c13-11(19)2-1-5-15-12(20)10-8-18(17-16-10)9-3-6-14-7-4-9/h8-9,14H,1-7H2,(H2,13,19)(H,15,20). The van der Waals surface area contributed by atoms with Crippen LogP contribution in [0.15, 0.2) is 6.20 Å². The molecule has 2 rings (SSSR count). The van der Waals surface area contributed by atoms with Gasteiger partial charge in [0.05, 0.1) is 12.2 Å². The van der Waals surface area contributed by atoms with Crippen molar-refractivity contribution in [3.8, 4) is 0 Å². The highest BCUT2D eigenvalue weighted by molar-refractivity contribution is 5.91. The maximum atomic E-state index is 11.8. The molecule has 0 atom stereocenters. The van der Waals surface area contributed by atoms with E-state index >= 15 is 0 Å². The smallest absolute Gasteiger partial charge is 0.273 e. The number of aromatic nitrogens is 3. The number of carbonyl (C=O) groups is 2. The Bertz CT molecular complexity index is 466. The van der Waals surface area contributed by atoms with Crippen molar-refractivity contribution < 1.29 is 9.59 Å². The fourth-order valence-electron chi connectivity index (χ4n) is 2.19. The van der Waals surface area contributed by atoms with E-state index in [-0.39, 0.29) is 18.2 Å². The van der Waals surface area contributed by atoms with E-state index in [1.165, 1.54) is 0 Å². The van der Waals surface area contributed by atoms with Gasteiger partial charge in [0.15, 0.2) is 5.69 Å². The minimum atomic E-state index is -0.365. The first-order chi connectivity index (χ1) is 9.66. The van der Waals surface area contributed by atoms with Gasteiger partial charge in [0.25, 0.3) is 5.91 Å². The van der Waals surface area contributed by atoms with E-state index in [2.05, 4.69) is 20.9 Å². The van der Waals surface area contributed by atoms with Crippen LogP contribution in [0, 0.1) is 0 Å². The molecule has 1 aromatic heterocycles. The molecule has 8 nitrogen and oxygen atoms in total. The van der Waals surface area contributed by atoms with Crippen molar-refractivity contribution in [3.05, 3.63) is 11.9 Å². The van der Waals surface area contributed by atoms with Gasteiger partial charge < -0.3 is 16.4 Å². The summed E-state index contributed by atoms with van der Waals surface area (Å²) >= 11 is 0. The highest BCUT2D eigenvalue weighted by Gasteiger charge is 2.18. The fourth-order valence-corrected chi connectivity index (χ4v) is 2.19. The van der Waals surface area contributed by atoms with Crippen LogP contribution in [-0.4, -0.2) is 46.4 Å². The molecule has 110 valence electrons. The Morgan fingerprint density at radius 1 is 1.45 bits per heavy atom. The minimum absolute atomic E-state index is 0.266. The molecule has 0 spiro atoms. The number of piperidine rings is 1. The zero-order chi connectivity index (χ0) is 14.4. The molecule has 0 unspecified atom stereocenters. The predicted molar refractivity (Wildman–Crippen MR) is 71.9 cm³/mol. The third-order valence-electron chi connectivity index (χ3n) is 3.31. The van der Waals surface area contributed by atoms with E-state index in [0.717, 1.165) is 25.9 Å². The second-order valence-corrected chi connectivity index (χ2v) is 4.89. The molecule has 2 heterocycles. The number of nitrogens with zero attached hydrogens (tertiary/aromatic N) is 3. The largest absolute Gasteiger partial charge is 0.370 e. The summed E-state index contributed by atoms with van der Waals surface area (Å²) in [5, 5.41) is 13.9. The Kier molecular flexibility index (Phi) is 5.05. The van der Waals surface area contributed by atoms with Gasteiger partial charge >= 0.3 is 0 Å². The van der Waals surface area contributed by atoms with E-state index in [4.69, 9.17) is 5.73 Å². The maximum absolute atomic E-state index is 11.8. The van der Waals surface area contributed by atoms with Gasteiger partial charge in [-0.15, -0.1) is 5.10 Å². The molecule has 1 fully saturated rings. The first kappa shape index (κ1) is 14.4. The van der Waals surface area contributed by atoms with Crippen LogP contribution in [-0.2, 0) is 4.79 Å². The van der Waals surface area contributed by atoms with Crippen LogP contribution in [0.1, 0.15) is 42.2 Å². The second-order valence-electron chi connectivity index (χ2n) is 4.89. The quantitative estimate of drug-likeness (QED) is 0.590. The Morgan fingerprint density at radius 3 is 2.90 bits per heavy atom. The monoisotopic (exact) mass is 280 g/mol. The number of hydrogen-bond donors (Lipinski definition) is 3. The summed E-state index contributed by atoms with van der Waals surface area (Å²) in [6, 6.07) is 0.306. The number of hydrogen-bond acceptors (Lipinski definition) is 5. The average Bonchev–Trinajstić information content (AvgIpc) is 2.94. The zero-order valence-corrected chi connectivity index (χ0v) is 11.3. The van der Waals surface area contributed by atoms with Gasteiger partial charge in [-0.2, -0.15) is 0 Å². The molecule has 0 aromatic carbocycles. The minimum Gasteiger partial charge on any atom is -0.370 e. The van der Waals surface area contributed by atoms with Crippen molar-refractivity contribution in [2.75, 3.05) is 19.6 Å². The Labute approximate surface area is 117 Å². The van der Waals surface area contributed by atoms with Gasteiger partial charge in [-0.05, 0) is 32.4 Å². The van der Waals surface area contributed by atoms with Gasteiger partial charge in [0.2, 0.25) is 5.91 Å². The normalized spacial score (nSPS) is 16.0. The molecule has 2 amide bonds. The lowest BCUT2D eigenvalue weighted by Crippen LogP contribution is -2.29. The topological polar surface area (TPSA) is 115 Å². The van der Waals surface area contributed by atoms with E-state index in [1.54, 1.807) is 10.9 Å². The number of nitrogens with one attached hydrogen (secondary N) is 2. The number of nitrogens with two attached hydrogens (primary N) is 1. The lowest BCUT2D eigenvalue weighted by Gasteiger charge is -2.22. The Balaban J connectivity index is 1.81. The lowest BCUT2D eigenvalue weighted by molar-refractivity contribution is -0.118. The summed E-state index contributed by atoms with van der Waals surface area (Å²) in [6.07, 6.45) is 4.46. The van der Waals surface area contributed by atoms with E-state index in [0.29, 0.717) is 24.7 Å². The number of carbonyl (C=O) groups excluding carboxylic acids is 2. The molecule has 4 N–H and O–H groups in total. The molecular formula is C12H20N6O2. The third-order valence-corrected chi connectivity index (χ3v) is 3.31. The molecule has 1 aliphatic rings. The molecule has 0 radical (unpaired) electrons. The van der Waals surface area contributed by atoms with E-state index < -0.39 is 0 Å². The molecular weight excluding hydrogens is 260 g/mol. The van der Waals surface area contributed by atoms with Crippen LogP contribution in [0.5, 0.6) is 0 Å². The molecule has 20 heavy (non-hydrogen) atoms. The first-order valence-corrected chi connectivity index (χ1v) is 6.86. The van der Waals surface area contributed by atoms with Gasteiger partial charge in [0.1, 0.15) is 0 Å². The number of primary amides is 1. The lowest BCUT2D eigenvalue weighted by atomic mass is 10.1. The molecule has 0 bridgehead atoms. The molecule has 0 aliphatic carbocycles. The van der Waals surface area contributed by atoms with Gasteiger partial charge in [-0.3, -0.25) is 9.59 Å². The van der Waals surface area contributed by atoms with Crippen LogP contribution in [0.2, 0.25) is 0 Å². The first-order valence-electron chi connectivity index (χ1n) is 6.86. The van der Waals surface area contributed by atoms with Crippen LogP contribution < -0.4 is 16.4 Å². The molecule has 0 saturated carbocycles. The summed E-state index contributed by atoms with van der Waals surface area (Å²) < 4.78 is 1.76. The molecule has 1 aromatic rings. The van der Waals surface area contributed by atoms with Crippen molar-refractivity contribution in [2.24, 2.45) is 5.73 Å². The van der Waals surface area contributed by atoms with E-state index in [9.17, 15) is 9.59 Å². The van der Waals surface area contributed by atoms with Crippen molar-refractivity contribution in [1.82, 2.24) is 25.6 Å². The van der Waals surface area contributed by atoms with Crippen LogP contribution in [0.4, 0.5) is 0 Å². The summed E-state index contributed by atoms with van der Waals surface area (Å²) in [6.45, 7) is 2.32. The SMILES string of the molecule is NC(=O)CCCNC(=O)c1cn(C2CCNCC2)nn1. The van der Waals surface area contributed by atoms with E-state index in [1.807, 2.05) is 0 Å². The third kappa shape index (κ3) is 4.02. The average molecular weight is 280 g/mol. The number of amides is 2. The highest BCUT2D eigenvalue weighted by atomic mass is 16.2. The summed E-state index contributed by atoms with van der Waals surface area (Å²) in [7, 11) is 0. The van der Waals surface area contributed by atoms with Gasteiger partial charge in [-0.1, -0.05) is 5.21 Å². The highest BCUT2D eigenvalue weighted by Crippen LogP contribution is 2.16. The Morgan fingerprint density at radius 2 is 2.20 bits per heavy atom. The zero-order valence-electron chi connectivity index (χ0n) is 11.3. The fraction of sp³-hybridized carbons (Fsp3) is 0.667. The second kappa shape index (κ2) is 6.99. The maximum Gasteiger partial charge on any atom is 0.273 e. The van der Waals surface area contributed by atoms with Gasteiger partial charge in [0, 0.05) is 13.0 Å². The summed E-state index contributed by atoms with van der Waals surface area (Å²) in [4.78, 5) is 22.4. The van der Waals surface area contributed by atoms with Crippen LogP contribution in [0.25, 0.3) is 0 Å². The van der Waals surface area contributed by atoms with Crippen molar-refractivity contribution >= 4 is 11.8 Å². The number of rotatable bonds is 6. The predicted octanol–water partition coefficient (Wildman–Crippen LogP) is -0.802. The van der Waals surface area contributed by atoms with Crippen LogP contribution >= 0.6 is 0 Å². The summed E-state index contributed by atoms with van der Waals surface area (Å²) in [5.41, 5.74) is 5.33. The van der Waals surface area contributed by atoms with Crippen molar-refractivity contribution in [1.29, 1.82) is 0 Å². The molecule has 8 heteroatoms. The molecule has 1 aliphatic heterocycles. The molecule has 1 saturated heterocycles. The summed E-state index contributed by atoms with van der Waals surface area (Å²) in [5.74, 6) is -0.634. The van der Waals surface area contributed by atoms with Crippen molar-refractivity contribution in [3.63, 3.8) is 0 Å². The van der Waals surface area contributed by atoms with Crippen LogP contribution in [0.3, 0.4) is 0 Å². The van der Waals surface area contributed by atoms with Crippen molar-refractivity contribution in [2.45, 2.75) is 31.7 Å². The Hall–Kier alpha value is -1.96. The van der Waals surface area contributed by atoms with Gasteiger partial charge in [-0.25, -0.2) is 4.68 Å².